The summed E-state index contributed by atoms with van der Waals surface area (Å²) in [5.41, 5.74) is 3.22. The molecule has 0 saturated heterocycles. The van der Waals surface area contributed by atoms with Gasteiger partial charge >= 0.3 is 0 Å². The van der Waals surface area contributed by atoms with Crippen molar-refractivity contribution in [2.45, 2.75) is 27.2 Å². The first-order valence-corrected chi connectivity index (χ1v) is 7.23. The minimum absolute atomic E-state index is 0.0716. The van der Waals surface area contributed by atoms with E-state index in [0.717, 1.165) is 23.4 Å². The van der Waals surface area contributed by atoms with Crippen LogP contribution in [0.15, 0.2) is 18.2 Å². The van der Waals surface area contributed by atoms with Crippen LogP contribution in [0.25, 0.3) is 5.70 Å². The standard InChI is InChI=1S/C17H23NO3/c1-11(2)8-15-14-10-17(21-5)16(20-4)9-13(14)6-7-18(15)12(3)19/h8-11H,6-7H2,1-5H3. The third-order valence-electron chi connectivity index (χ3n) is 3.65. The Morgan fingerprint density at radius 3 is 2.38 bits per heavy atom. The fraction of sp³-hybridized carbons (Fsp3) is 0.471. The number of nitrogens with zero attached hydrogens (tertiary/aromatic N) is 1. The molecule has 1 heterocycles. The molecule has 1 amide bonds. The molecule has 2 rings (SSSR count). The summed E-state index contributed by atoms with van der Waals surface area (Å²) < 4.78 is 10.8. The fourth-order valence-electron chi connectivity index (χ4n) is 2.69. The van der Waals surface area contributed by atoms with Gasteiger partial charge in [0.05, 0.1) is 14.2 Å². The van der Waals surface area contributed by atoms with E-state index in [4.69, 9.17) is 9.47 Å². The maximum absolute atomic E-state index is 11.9. The Morgan fingerprint density at radius 2 is 1.86 bits per heavy atom. The summed E-state index contributed by atoms with van der Waals surface area (Å²) in [6.45, 7) is 6.54. The van der Waals surface area contributed by atoms with Crippen molar-refractivity contribution in [3.05, 3.63) is 29.3 Å². The number of carbonyl (C=O) groups excluding carboxylic acids is 1. The Labute approximate surface area is 126 Å². The number of allylic oxidation sites excluding steroid dienone is 1. The van der Waals surface area contributed by atoms with Crippen molar-refractivity contribution in [1.29, 1.82) is 0 Å². The second kappa shape index (κ2) is 6.20. The van der Waals surface area contributed by atoms with Gasteiger partial charge in [0.25, 0.3) is 0 Å². The van der Waals surface area contributed by atoms with Crippen LogP contribution in [0.3, 0.4) is 0 Å². The molecule has 1 aliphatic rings. The van der Waals surface area contributed by atoms with E-state index >= 15 is 0 Å². The molecule has 0 atom stereocenters. The minimum Gasteiger partial charge on any atom is -0.493 e. The van der Waals surface area contributed by atoms with Gasteiger partial charge in [-0.1, -0.05) is 19.9 Å². The fourth-order valence-corrected chi connectivity index (χ4v) is 2.69. The molecular formula is C17H23NO3. The lowest BCUT2D eigenvalue weighted by Gasteiger charge is -2.32. The van der Waals surface area contributed by atoms with Gasteiger partial charge in [-0.25, -0.2) is 0 Å². The van der Waals surface area contributed by atoms with Crippen LogP contribution in [-0.4, -0.2) is 31.6 Å². The number of hydrogen-bond acceptors (Lipinski definition) is 3. The van der Waals surface area contributed by atoms with Crippen molar-refractivity contribution in [2.24, 2.45) is 5.92 Å². The molecule has 4 heteroatoms. The number of benzene rings is 1. The van der Waals surface area contributed by atoms with Crippen LogP contribution < -0.4 is 9.47 Å². The van der Waals surface area contributed by atoms with Gasteiger partial charge in [-0.2, -0.15) is 0 Å². The predicted molar refractivity (Wildman–Crippen MR) is 83.5 cm³/mol. The second-order valence-electron chi connectivity index (χ2n) is 5.58. The lowest BCUT2D eigenvalue weighted by atomic mass is 9.93. The van der Waals surface area contributed by atoms with Crippen LogP contribution in [0.4, 0.5) is 0 Å². The summed E-state index contributed by atoms with van der Waals surface area (Å²) in [4.78, 5) is 13.7. The molecule has 0 aromatic heterocycles. The maximum atomic E-state index is 11.9. The van der Waals surface area contributed by atoms with Gasteiger partial charge in [0.2, 0.25) is 5.91 Å². The summed E-state index contributed by atoms with van der Waals surface area (Å²) in [5.74, 6) is 1.86. The SMILES string of the molecule is COc1cc2c(cc1OC)C(=CC(C)C)N(C(C)=O)CC2. The lowest BCUT2D eigenvalue weighted by Crippen LogP contribution is -2.33. The van der Waals surface area contributed by atoms with Crippen molar-refractivity contribution >= 4 is 11.6 Å². The number of methoxy groups -OCH3 is 2. The third-order valence-corrected chi connectivity index (χ3v) is 3.65. The average molecular weight is 289 g/mol. The topological polar surface area (TPSA) is 38.8 Å². The summed E-state index contributed by atoms with van der Waals surface area (Å²) in [6, 6.07) is 3.98. The smallest absolute Gasteiger partial charge is 0.223 e. The number of ether oxygens (including phenoxy) is 2. The third kappa shape index (κ3) is 3.04. The normalized spacial score (nSPS) is 16.1. The number of hydrogen-bond donors (Lipinski definition) is 0. The van der Waals surface area contributed by atoms with Gasteiger partial charge in [0, 0.05) is 24.7 Å². The molecule has 4 nitrogen and oxygen atoms in total. The van der Waals surface area contributed by atoms with E-state index in [-0.39, 0.29) is 5.91 Å². The molecular weight excluding hydrogens is 266 g/mol. The molecule has 0 fully saturated rings. The molecule has 0 radical (unpaired) electrons. The maximum Gasteiger partial charge on any atom is 0.223 e. The van der Waals surface area contributed by atoms with Crippen molar-refractivity contribution in [3.63, 3.8) is 0 Å². The molecule has 1 aromatic carbocycles. The van der Waals surface area contributed by atoms with Gasteiger partial charge in [-0.3, -0.25) is 4.79 Å². The van der Waals surface area contributed by atoms with E-state index in [9.17, 15) is 4.79 Å². The molecule has 114 valence electrons. The van der Waals surface area contributed by atoms with Crippen molar-refractivity contribution in [1.82, 2.24) is 4.90 Å². The summed E-state index contributed by atoms with van der Waals surface area (Å²) >= 11 is 0. The monoisotopic (exact) mass is 289 g/mol. The zero-order valence-electron chi connectivity index (χ0n) is 13.4. The van der Waals surface area contributed by atoms with Crippen LogP contribution in [-0.2, 0) is 11.2 Å². The summed E-state index contributed by atoms with van der Waals surface area (Å²) in [7, 11) is 3.27. The highest BCUT2D eigenvalue weighted by Gasteiger charge is 2.25. The molecule has 0 bridgehead atoms. The van der Waals surface area contributed by atoms with E-state index in [1.165, 1.54) is 5.56 Å². The molecule has 1 aliphatic heterocycles. The van der Waals surface area contributed by atoms with Crippen LogP contribution in [0.2, 0.25) is 0 Å². The number of carbonyl (C=O) groups is 1. The molecule has 21 heavy (non-hydrogen) atoms. The Morgan fingerprint density at radius 1 is 1.24 bits per heavy atom. The molecule has 0 aliphatic carbocycles. The summed E-state index contributed by atoms with van der Waals surface area (Å²) in [5, 5.41) is 0. The van der Waals surface area contributed by atoms with Crippen molar-refractivity contribution in [2.75, 3.05) is 20.8 Å². The highest BCUT2D eigenvalue weighted by atomic mass is 16.5. The van der Waals surface area contributed by atoms with E-state index in [1.807, 2.05) is 17.0 Å². The second-order valence-corrected chi connectivity index (χ2v) is 5.58. The van der Waals surface area contributed by atoms with Crippen molar-refractivity contribution in [3.8, 4) is 11.5 Å². The number of amides is 1. The quantitative estimate of drug-likeness (QED) is 0.858. The van der Waals surface area contributed by atoms with Crippen LogP contribution in [0.5, 0.6) is 11.5 Å². The van der Waals surface area contributed by atoms with Gasteiger partial charge in [-0.15, -0.1) is 0 Å². The molecule has 0 saturated carbocycles. The number of rotatable bonds is 3. The van der Waals surface area contributed by atoms with E-state index < -0.39 is 0 Å². The van der Waals surface area contributed by atoms with E-state index in [0.29, 0.717) is 18.2 Å². The minimum atomic E-state index is 0.0716. The van der Waals surface area contributed by atoms with Gasteiger partial charge in [0.15, 0.2) is 11.5 Å². The number of fused-ring (bicyclic) bond motifs is 1. The molecule has 1 aromatic rings. The first kappa shape index (κ1) is 15.4. The van der Waals surface area contributed by atoms with E-state index in [1.54, 1.807) is 21.1 Å². The van der Waals surface area contributed by atoms with Gasteiger partial charge in [-0.05, 0) is 30.0 Å². The molecule has 0 unspecified atom stereocenters. The summed E-state index contributed by atoms with van der Waals surface area (Å²) in [6.07, 6.45) is 2.95. The lowest BCUT2D eigenvalue weighted by molar-refractivity contribution is -0.125. The van der Waals surface area contributed by atoms with E-state index in [2.05, 4.69) is 19.9 Å². The Hall–Kier alpha value is -1.97. The highest BCUT2D eigenvalue weighted by molar-refractivity contribution is 5.87. The van der Waals surface area contributed by atoms with Gasteiger partial charge in [0.1, 0.15) is 0 Å². The average Bonchev–Trinajstić information content (AvgIpc) is 2.45. The van der Waals surface area contributed by atoms with Crippen LogP contribution in [0, 0.1) is 5.92 Å². The first-order chi connectivity index (χ1) is 9.97. The zero-order valence-corrected chi connectivity index (χ0v) is 13.4. The Balaban J connectivity index is 2.60. The first-order valence-electron chi connectivity index (χ1n) is 7.23. The van der Waals surface area contributed by atoms with Gasteiger partial charge < -0.3 is 14.4 Å². The largest absolute Gasteiger partial charge is 0.493 e. The Kier molecular flexibility index (Phi) is 4.56. The molecule has 0 spiro atoms. The zero-order chi connectivity index (χ0) is 15.6. The Bertz CT molecular complexity index is 576. The highest BCUT2D eigenvalue weighted by Crippen LogP contribution is 2.38. The predicted octanol–water partition coefficient (Wildman–Crippen LogP) is 3.11. The van der Waals surface area contributed by atoms with Crippen LogP contribution in [0.1, 0.15) is 31.9 Å². The molecule has 0 N–H and O–H groups in total. The van der Waals surface area contributed by atoms with Crippen molar-refractivity contribution < 1.29 is 14.3 Å². The van der Waals surface area contributed by atoms with Crippen LogP contribution >= 0.6 is 0 Å².